The van der Waals surface area contributed by atoms with Gasteiger partial charge in [-0.05, 0) is 86.6 Å². The molecule has 2 aromatic heterocycles. The van der Waals surface area contributed by atoms with E-state index in [-0.39, 0.29) is 0 Å². The molecule has 3 heteroatoms. The molecule has 0 aliphatic rings. The van der Waals surface area contributed by atoms with E-state index in [0.717, 1.165) is 44.3 Å². The van der Waals surface area contributed by atoms with Crippen LogP contribution in [-0.4, -0.2) is 9.55 Å². The van der Waals surface area contributed by atoms with Crippen molar-refractivity contribution in [3.05, 3.63) is 151 Å². The molecule has 0 N–H and O–H groups in total. The predicted molar refractivity (Wildman–Crippen MR) is 171 cm³/mol. The highest BCUT2D eigenvalue weighted by molar-refractivity contribution is 6.22. The molecule has 0 spiro atoms. The van der Waals surface area contributed by atoms with Crippen LogP contribution in [0.5, 0.6) is 0 Å². The Kier molecular flexibility index (Phi) is 5.20. The number of pyridine rings is 1. The van der Waals surface area contributed by atoms with Gasteiger partial charge in [0.15, 0.2) is 5.69 Å². The van der Waals surface area contributed by atoms with Crippen LogP contribution >= 0.6 is 0 Å². The van der Waals surface area contributed by atoms with Gasteiger partial charge in [0.25, 0.3) is 0 Å². The summed E-state index contributed by atoms with van der Waals surface area (Å²) in [6, 6.07) is 46.6. The van der Waals surface area contributed by atoms with Gasteiger partial charge in [-0.15, -0.1) is 0 Å². The fourth-order valence-electron chi connectivity index (χ4n) is 6.32. The van der Waals surface area contributed by atoms with Gasteiger partial charge < -0.3 is 4.57 Å². The van der Waals surface area contributed by atoms with Gasteiger partial charge >= 0.3 is 0 Å². The first kappa shape index (κ1) is 23.2. The van der Waals surface area contributed by atoms with Crippen LogP contribution in [0, 0.1) is 6.57 Å². The second-order valence-electron chi connectivity index (χ2n) is 10.3. The molecule has 0 aliphatic heterocycles. The first-order chi connectivity index (χ1) is 20.3. The maximum atomic E-state index is 7.66. The second-order valence-corrected chi connectivity index (χ2v) is 10.3. The van der Waals surface area contributed by atoms with Gasteiger partial charge in [0.1, 0.15) is 0 Å². The molecular formula is C38H23N3. The Bertz CT molecular complexity index is 2250. The summed E-state index contributed by atoms with van der Waals surface area (Å²) in [5.74, 6) is 0. The van der Waals surface area contributed by atoms with Gasteiger partial charge in [0.05, 0.1) is 23.3 Å². The smallest absolute Gasteiger partial charge is 0.188 e. The van der Waals surface area contributed by atoms with Crippen molar-refractivity contribution in [2.75, 3.05) is 0 Å². The topological polar surface area (TPSA) is 22.2 Å². The zero-order valence-electron chi connectivity index (χ0n) is 22.1. The second kappa shape index (κ2) is 9.19. The Labute approximate surface area is 237 Å². The van der Waals surface area contributed by atoms with Crippen LogP contribution in [-0.2, 0) is 0 Å². The van der Waals surface area contributed by atoms with Crippen LogP contribution in [0.25, 0.3) is 76.3 Å². The molecule has 0 bridgehead atoms. The summed E-state index contributed by atoms with van der Waals surface area (Å²) < 4.78 is 2.29. The number of fused-ring (bicyclic) bond motifs is 5. The largest absolute Gasteiger partial charge is 0.309 e. The van der Waals surface area contributed by atoms with Crippen LogP contribution in [0.4, 0.5) is 5.69 Å². The van der Waals surface area contributed by atoms with Crippen LogP contribution < -0.4 is 0 Å². The van der Waals surface area contributed by atoms with E-state index in [1.165, 1.54) is 27.1 Å². The fourth-order valence-corrected chi connectivity index (χ4v) is 6.32. The molecule has 0 amide bonds. The first-order valence-electron chi connectivity index (χ1n) is 13.7. The Morgan fingerprint density at radius 3 is 1.73 bits per heavy atom. The average Bonchev–Trinajstić information content (AvgIpc) is 3.37. The third kappa shape index (κ3) is 3.55. The highest BCUT2D eigenvalue weighted by Crippen LogP contribution is 2.44. The lowest BCUT2D eigenvalue weighted by molar-refractivity contribution is 1.18. The van der Waals surface area contributed by atoms with Crippen LogP contribution in [0.1, 0.15) is 0 Å². The fraction of sp³-hybridized carbons (Fsp3) is 0. The molecule has 0 aliphatic carbocycles. The number of hydrogen-bond donors (Lipinski definition) is 0. The summed E-state index contributed by atoms with van der Waals surface area (Å²) in [4.78, 5) is 8.49. The van der Waals surface area contributed by atoms with E-state index in [9.17, 15) is 0 Å². The van der Waals surface area contributed by atoms with Crippen molar-refractivity contribution >= 4 is 49.0 Å². The van der Waals surface area contributed by atoms with Gasteiger partial charge in [-0.1, -0.05) is 84.9 Å². The molecule has 8 rings (SSSR count). The summed E-state index contributed by atoms with van der Waals surface area (Å²) in [6.45, 7) is 7.66. The summed E-state index contributed by atoms with van der Waals surface area (Å²) in [5.41, 5.74) is 8.45. The van der Waals surface area contributed by atoms with Crippen molar-refractivity contribution < 1.29 is 0 Å². The molecular weight excluding hydrogens is 498 g/mol. The number of aromatic nitrogens is 2. The van der Waals surface area contributed by atoms with E-state index in [4.69, 9.17) is 11.6 Å². The minimum Gasteiger partial charge on any atom is -0.309 e. The third-order valence-electron chi connectivity index (χ3n) is 8.03. The number of para-hydroxylation sites is 1. The van der Waals surface area contributed by atoms with Gasteiger partial charge in [-0.2, -0.15) is 0 Å². The molecule has 2 heterocycles. The van der Waals surface area contributed by atoms with Gasteiger partial charge in [0, 0.05) is 22.8 Å². The molecule has 0 radical (unpaired) electrons. The highest BCUT2D eigenvalue weighted by atomic mass is 15.0. The number of nitrogens with zero attached hydrogens (tertiary/aromatic N) is 3. The number of rotatable bonds is 3. The van der Waals surface area contributed by atoms with Gasteiger partial charge in [-0.25, -0.2) is 4.85 Å². The van der Waals surface area contributed by atoms with Crippen molar-refractivity contribution in [1.29, 1.82) is 0 Å². The quantitative estimate of drug-likeness (QED) is 0.167. The maximum Gasteiger partial charge on any atom is 0.188 e. The van der Waals surface area contributed by atoms with E-state index in [1.54, 1.807) is 0 Å². The van der Waals surface area contributed by atoms with Crippen LogP contribution in [0.15, 0.2) is 140 Å². The van der Waals surface area contributed by atoms with E-state index < -0.39 is 0 Å². The minimum atomic E-state index is 0.644. The lowest BCUT2D eigenvalue weighted by Crippen LogP contribution is -1.93. The Hall–Kier alpha value is -5.72. The Morgan fingerprint density at radius 2 is 1.10 bits per heavy atom. The van der Waals surface area contributed by atoms with Crippen LogP contribution in [0.3, 0.4) is 0 Å². The molecule has 41 heavy (non-hydrogen) atoms. The van der Waals surface area contributed by atoms with Crippen molar-refractivity contribution in [3.63, 3.8) is 0 Å². The van der Waals surface area contributed by atoms with E-state index >= 15 is 0 Å². The summed E-state index contributed by atoms with van der Waals surface area (Å²) in [5, 5.41) is 6.97. The van der Waals surface area contributed by atoms with Gasteiger partial charge in [0.2, 0.25) is 0 Å². The van der Waals surface area contributed by atoms with Crippen molar-refractivity contribution in [2.45, 2.75) is 0 Å². The van der Waals surface area contributed by atoms with Crippen molar-refractivity contribution in [1.82, 2.24) is 9.55 Å². The molecule has 6 aromatic carbocycles. The molecule has 0 saturated heterocycles. The lowest BCUT2D eigenvalue weighted by Gasteiger charge is -2.17. The molecule has 0 fully saturated rings. The molecule has 0 saturated carbocycles. The Morgan fingerprint density at radius 1 is 0.512 bits per heavy atom. The zero-order chi connectivity index (χ0) is 27.3. The molecule has 3 nitrogen and oxygen atoms in total. The summed E-state index contributed by atoms with van der Waals surface area (Å²) in [6.07, 6.45) is 1.86. The normalized spacial score (nSPS) is 11.4. The predicted octanol–water partition coefficient (Wildman–Crippen LogP) is 10.4. The Balaban J connectivity index is 1.49. The van der Waals surface area contributed by atoms with Crippen LogP contribution in [0.2, 0.25) is 0 Å². The number of benzene rings is 6. The molecule has 0 unspecified atom stereocenters. The summed E-state index contributed by atoms with van der Waals surface area (Å²) >= 11 is 0. The van der Waals surface area contributed by atoms with Crippen molar-refractivity contribution in [3.8, 4) is 28.1 Å². The van der Waals surface area contributed by atoms with E-state index in [1.807, 2.05) is 36.5 Å². The highest BCUT2D eigenvalue weighted by Gasteiger charge is 2.19. The zero-order valence-corrected chi connectivity index (χ0v) is 22.1. The average molecular weight is 522 g/mol. The third-order valence-corrected chi connectivity index (χ3v) is 8.03. The maximum absolute atomic E-state index is 7.66. The number of hydrogen-bond acceptors (Lipinski definition) is 1. The molecule has 8 aromatic rings. The van der Waals surface area contributed by atoms with Crippen molar-refractivity contribution in [2.24, 2.45) is 0 Å². The van der Waals surface area contributed by atoms with E-state index in [0.29, 0.717) is 5.69 Å². The molecule has 190 valence electrons. The monoisotopic (exact) mass is 521 g/mol. The molecule has 0 atom stereocenters. The first-order valence-corrected chi connectivity index (χ1v) is 13.7. The van der Waals surface area contributed by atoms with E-state index in [2.05, 4.69) is 113 Å². The lowest BCUT2D eigenvalue weighted by atomic mass is 9.87. The minimum absolute atomic E-state index is 0.644. The standard InChI is InChI=1S/C38H23N3/c1-39-26-19-21-36-33(24-26)32-23-25(18-20-35(32)41(36)27-11-3-2-4-12-27)37-28-13-5-7-15-30(28)38(34-17-9-10-22-40-34)31-16-8-6-14-29(31)37/h2-24H. The SMILES string of the molecule is [C-]#[N+]c1ccc2c(c1)c1cc(-c3c4ccccc4c(-c4ccccn4)c4ccccc34)ccc1n2-c1ccccc1. The van der Waals surface area contributed by atoms with Gasteiger partial charge in [-0.3, -0.25) is 4.98 Å². The summed E-state index contributed by atoms with van der Waals surface area (Å²) in [7, 11) is 0.